The van der Waals surface area contributed by atoms with Crippen LogP contribution in [0, 0.1) is 5.92 Å². The van der Waals surface area contributed by atoms with Gasteiger partial charge in [0.2, 0.25) is 0 Å². The highest BCUT2D eigenvalue weighted by atomic mass is 35.5. The van der Waals surface area contributed by atoms with E-state index < -0.39 is 0 Å². The molecule has 0 aliphatic carbocycles. The Balaban J connectivity index is 2.80. The van der Waals surface area contributed by atoms with Gasteiger partial charge in [-0.25, -0.2) is 4.98 Å². The van der Waals surface area contributed by atoms with Gasteiger partial charge < -0.3 is 15.7 Å². The molecule has 6 heteroatoms. The van der Waals surface area contributed by atoms with Gasteiger partial charge in [-0.05, 0) is 18.9 Å². The molecule has 0 radical (unpaired) electrons. The van der Waals surface area contributed by atoms with E-state index in [2.05, 4.69) is 15.6 Å². The zero-order valence-electron chi connectivity index (χ0n) is 9.93. The average molecular weight is 278 g/mol. The fraction of sp³-hybridized carbons (Fsp3) is 0.545. The summed E-state index contributed by atoms with van der Waals surface area (Å²) in [5.74, 6) is 1.33. The van der Waals surface area contributed by atoms with Crippen molar-refractivity contribution >= 4 is 34.8 Å². The van der Waals surface area contributed by atoms with Crippen LogP contribution < -0.4 is 10.6 Å². The Morgan fingerprint density at radius 1 is 1.29 bits per heavy atom. The lowest BCUT2D eigenvalue weighted by atomic mass is 10.2. The first-order valence-electron chi connectivity index (χ1n) is 5.53. The number of halogens is 2. The lowest BCUT2D eigenvalue weighted by molar-refractivity contribution is 0.244. The van der Waals surface area contributed by atoms with Crippen LogP contribution in [0.15, 0.2) is 6.07 Å². The molecule has 96 valence electrons. The molecule has 0 aromatic carbocycles. The highest BCUT2D eigenvalue weighted by molar-refractivity contribution is 6.37. The minimum atomic E-state index is 0.123. The predicted octanol–water partition coefficient (Wildman–Crippen LogP) is 2.86. The molecule has 1 aromatic heterocycles. The van der Waals surface area contributed by atoms with Gasteiger partial charge in [-0.1, -0.05) is 30.1 Å². The molecule has 0 saturated heterocycles. The molecule has 0 bridgehead atoms. The normalized spacial score (nSPS) is 12.3. The predicted molar refractivity (Wildman–Crippen MR) is 73.2 cm³/mol. The Morgan fingerprint density at radius 2 is 1.88 bits per heavy atom. The van der Waals surface area contributed by atoms with Gasteiger partial charge in [-0.3, -0.25) is 0 Å². The van der Waals surface area contributed by atoms with Crippen molar-refractivity contribution < 1.29 is 5.11 Å². The van der Waals surface area contributed by atoms with E-state index in [1.807, 2.05) is 13.8 Å². The van der Waals surface area contributed by atoms with Crippen LogP contribution in [0.3, 0.4) is 0 Å². The van der Waals surface area contributed by atoms with Crippen molar-refractivity contribution in [2.45, 2.75) is 13.8 Å². The quantitative estimate of drug-likeness (QED) is 0.749. The fourth-order valence-electron chi connectivity index (χ4n) is 1.22. The van der Waals surface area contributed by atoms with Crippen LogP contribution in [0.1, 0.15) is 13.8 Å². The number of hydrogen-bond acceptors (Lipinski definition) is 4. The first-order valence-corrected chi connectivity index (χ1v) is 6.28. The van der Waals surface area contributed by atoms with E-state index in [0.29, 0.717) is 28.2 Å². The Labute approximate surface area is 111 Å². The fourth-order valence-corrected chi connectivity index (χ4v) is 1.71. The lowest BCUT2D eigenvalue weighted by Crippen LogP contribution is -2.16. The van der Waals surface area contributed by atoms with E-state index in [0.717, 1.165) is 6.54 Å². The van der Waals surface area contributed by atoms with Crippen LogP contribution in [0.2, 0.25) is 10.0 Å². The smallest absolute Gasteiger partial charge is 0.147 e. The third kappa shape index (κ3) is 4.22. The molecule has 0 aliphatic rings. The average Bonchev–Trinajstić information content (AvgIpc) is 2.30. The molecule has 0 aliphatic heterocycles. The summed E-state index contributed by atoms with van der Waals surface area (Å²) in [6.07, 6.45) is 0. The number of anilines is 2. The van der Waals surface area contributed by atoms with Crippen molar-refractivity contribution in [3.05, 3.63) is 16.1 Å². The van der Waals surface area contributed by atoms with E-state index in [1.54, 1.807) is 6.07 Å². The molecule has 1 unspecified atom stereocenters. The summed E-state index contributed by atoms with van der Waals surface area (Å²) >= 11 is 12.0. The molecule has 0 spiro atoms. The molecule has 17 heavy (non-hydrogen) atoms. The highest BCUT2D eigenvalue weighted by Gasteiger charge is 2.09. The topological polar surface area (TPSA) is 57.2 Å². The van der Waals surface area contributed by atoms with Gasteiger partial charge in [0.25, 0.3) is 0 Å². The van der Waals surface area contributed by atoms with Gasteiger partial charge in [0.15, 0.2) is 0 Å². The summed E-state index contributed by atoms with van der Waals surface area (Å²) < 4.78 is 0. The summed E-state index contributed by atoms with van der Waals surface area (Å²) in [4.78, 5) is 4.30. The van der Waals surface area contributed by atoms with Crippen molar-refractivity contribution in [3.63, 3.8) is 0 Å². The minimum Gasteiger partial charge on any atom is -0.396 e. The summed E-state index contributed by atoms with van der Waals surface area (Å²) in [7, 11) is 0. The molecule has 1 heterocycles. The number of aromatic nitrogens is 1. The molecule has 1 atom stereocenters. The van der Waals surface area contributed by atoms with E-state index in [1.165, 1.54) is 0 Å². The Hall–Kier alpha value is -0.710. The number of aliphatic hydroxyl groups excluding tert-OH is 1. The molecule has 3 N–H and O–H groups in total. The Morgan fingerprint density at radius 3 is 2.41 bits per heavy atom. The molecule has 4 nitrogen and oxygen atoms in total. The van der Waals surface area contributed by atoms with E-state index in [9.17, 15) is 0 Å². The molecule has 0 fully saturated rings. The Kier molecular flexibility index (Phi) is 5.82. The second-order valence-electron chi connectivity index (χ2n) is 3.85. The van der Waals surface area contributed by atoms with Crippen molar-refractivity contribution in [3.8, 4) is 0 Å². The highest BCUT2D eigenvalue weighted by Crippen LogP contribution is 2.29. The molecular formula is C11H17Cl2N3O. The molecule has 0 amide bonds. The standard InChI is InChI=1S/C11H17Cl2N3O/c1-3-14-10-8(12)4-9(13)11(16-10)15-5-7(2)6-17/h4,7,17H,3,5-6H2,1-2H3,(H2,14,15,16). The first-order chi connectivity index (χ1) is 8.08. The monoisotopic (exact) mass is 277 g/mol. The van der Waals surface area contributed by atoms with Crippen LogP contribution in [0.25, 0.3) is 0 Å². The zero-order chi connectivity index (χ0) is 12.8. The maximum atomic E-state index is 8.94. The van der Waals surface area contributed by atoms with E-state index in [-0.39, 0.29) is 12.5 Å². The molecular weight excluding hydrogens is 261 g/mol. The number of nitrogens with zero attached hydrogens (tertiary/aromatic N) is 1. The third-order valence-electron chi connectivity index (χ3n) is 2.20. The van der Waals surface area contributed by atoms with Crippen molar-refractivity contribution in [1.29, 1.82) is 0 Å². The summed E-state index contributed by atoms with van der Waals surface area (Å²) in [5.41, 5.74) is 0. The second-order valence-corrected chi connectivity index (χ2v) is 4.66. The first kappa shape index (κ1) is 14.4. The number of hydrogen-bond donors (Lipinski definition) is 3. The number of rotatable bonds is 6. The molecule has 0 saturated carbocycles. The lowest BCUT2D eigenvalue weighted by Gasteiger charge is -2.13. The second kappa shape index (κ2) is 6.89. The zero-order valence-corrected chi connectivity index (χ0v) is 11.4. The SMILES string of the molecule is CCNc1nc(NCC(C)CO)c(Cl)cc1Cl. The number of nitrogens with one attached hydrogen (secondary N) is 2. The van der Waals surface area contributed by atoms with Gasteiger partial charge in [0.05, 0.1) is 10.0 Å². The van der Waals surface area contributed by atoms with Crippen molar-refractivity contribution in [2.24, 2.45) is 5.92 Å². The van der Waals surface area contributed by atoms with Crippen LogP contribution in [-0.2, 0) is 0 Å². The van der Waals surface area contributed by atoms with Crippen LogP contribution in [0.5, 0.6) is 0 Å². The summed E-state index contributed by atoms with van der Waals surface area (Å²) in [5, 5.41) is 16.1. The molecule has 1 rings (SSSR count). The van der Waals surface area contributed by atoms with Gasteiger partial charge in [-0.15, -0.1) is 0 Å². The summed E-state index contributed by atoms with van der Waals surface area (Å²) in [6.45, 7) is 5.37. The van der Waals surface area contributed by atoms with Crippen molar-refractivity contribution in [1.82, 2.24) is 4.98 Å². The van der Waals surface area contributed by atoms with Crippen LogP contribution >= 0.6 is 23.2 Å². The van der Waals surface area contributed by atoms with Gasteiger partial charge in [0, 0.05) is 19.7 Å². The van der Waals surface area contributed by atoms with E-state index >= 15 is 0 Å². The minimum absolute atomic E-state index is 0.123. The number of pyridine rings is 1. The summed E-state index contributed by atoms with van der Waals surface area (Å²) in [6, 6.07) is 1.65. The largest absolute Gasteiger partial charge is 0.396 e. The van der Waals surface area contributed by atoms with Gasteiger partial charge >= 0.3 is 0 Å². The molecule has 1 aromatic rings. The van der Waals surface area contributed by atoms with Gasteiger partial charge in [-0.2, -0.15) is 0 Å². The van der Waals surface area contributed by atoms with Crippen LogP contribution in [0.4, 0.5) is 11.6 Å². The Bertz CT molecular complexity index is 374. The van der Waals surface area contributed by atoms with Gasteiger partial charge in [0.1, 0.15) is 11.6 Å². The van der Waals surface area contributed by atoms with E-state index in [4.69, 9.17) is 28.3 Å². The maximum absolute atomic E-state index is 8.94. The maximum Gasteiger partial charge on any atom is 0.147 e. The van der Waals surface area contributed by atoms with Crippen LogP contribution in [-0.4, -0.2) is 29.8 Å². The number of aliphatic hydroxyl groups is 1. The van der Waals surface area contributed by atoms with Crippen molar-refractivity contribution in [2.75, 3.05) is 30.3 Å². The third-order valence-corrected chi connectivity index (χ3v) is 2.78.